The summed E-state index contributed by atoms with van der Waals surface area (Å²) in [5.74, 6) is -0.105. The first-order valence-electron chi connectivity index (χ1n) is 7.59. The molecule has 2 aromatic carbocycles. The first-order chi connectivity index (χ1) is 11.2. The molecule has 116 valence electrons. The lowest BCUT2D eigenvalue weighted by atomic mass is 10.1. The monoisotopic (exact) mass is 322 g/mol. The van der Waals surface area contributed by atoms with Crippen LogP contribution < -0.4 is 5.32 Å². The maximum Gasteiger partial charge on any atom is 0.255 e. The summed E-state index contributed by atoms with van der Waals surface area (Å²) in [6, 6.07) is 15.5. The van der Waals surface area contributed by atoms with E-state index in [9.17, 15) is 4.79 Å². The summed E-state index contributed by atoms with van der Waals surface area (Å²) < 4.78 is 0. The van der Waals surface area contributed by atoms with Crippen molar-refractivity contribution in [3.05, 3.63) is 70.0 Å². The summed E-state index contributed by atoms with van der Waals surface area (Å²) in [5.41, 5.74) is 4.49. The molecule has 1 amide bonds. The van der Waals surface area contributed by atoms with Crippen LogP contribution in [0.5, 0.6) is 0 Å². The van der Waals surface area contributed by atoms with Crippen LogP contribution in [0.1, 0.15) is 27.9 Å². The van der Waals surface area contributed by atoms with Gasteiger partial charge < -0.3 is 5.32 Å². The molecule has 0 atom stereocenters. The second-order valence-electron chi connectivity index (χ2n) is 5.30. The molecule has 0 bridgehead atoms. The van der Waals surface area contributed by atoms with Crippen LogP contribution >= 0.6 is 11.3 Å². The van der Waals surface area contributed by atoms with E-state index >= 15 is 0 Å². The Labute approximate surface area is 140 Å². The van der Waals surface area contributed by atoms with Gasteiger partial charge in [0.2, 0.25) is 0 Å². The van der Waals surface area contributed by atoms with Gasteiger partial charge in [0.05, 0.1) is 16.4 Å². The number of carbonyl (C=O) groups is 1. The van der Waals surface area contributed by atoms with Crippen LogP contribution in [-0.4, -0.2) is 10.9 Å². The number of hydrogen-bond acceptors (Lipinski definition) is 3. The first kappa shape index (κ1) is 15.4. The number of thiazole rings is 1. The third-order valence-corrected chi connectivity index (χ3v) is 4.47. The number of nitrogens with zero attached hydrogens (tertiary/aromatic N) is 1. The Balaban J connectivity index is 1.86. The van der Waals surface area contributed by atoms with Gasteiger partial charge in [-0.05, 0) is 37.1 Å². The Morgan fingerprint density at radius 3 is 2.52 bits per heavy atom. The van der Waals surface area contributed by atoms with E-state index in [1.165, 1.54) is 5.56 Å². The topological polar surface area (TPSA) is 42.0 Å². The fourth-order valence-corrected chi connectivity index (χ4v) is 3.00. The van der Waals surface area contributed by atoms with Gasteiger partial charge >= 0.3 is 0 Å². The highest BCUT2D eigenvalue weighted by atomic mass is 32.1. The zero-order chi connectivity index (χ0) is 16.2. The Kier molecular flexibility index (Phi) is 4.53. The second-order valence-corrected chi connectivity index (χ2v) is 6.36. The van der Waals surface area contributed by atoms with Gasteiger partial charge in [-0.3, -0.25) is 4.79 Å². The molecule has 23 heavy (non-hydrogen) atoms. The number of benzene rings is 2. The number of rotatable bonds is 4. The standard InChI is InChI=1S/C19H18N2OS/c1-3-14-8-10-15(11-9-14)19(22)21-17-7-5-4-6-16(17)18-12-23-13(2)20-18/h4-12H,3H2,1-2H3,(H,21,22). The molecule has 0 saturated carbocycles. The van der Waals surface area contributed by atoms with Crippen molar-refractivity contribution in [2.24, 2.45) is 0 Å². The van der Waals surface area contributed by atoms with Crippen LogP contribution in [0.2, 0.25) is 0 Å². The molecule has 3 rings (SSSR count). The van der Waals surface area contributed by atoms with E-state index in [4.69, 9.17) is 0 Å². The summed E-state index contributed by atoms with van der Waals surface area (Å²) in [4.78, 5) is 17.0. The summed E-state index contributed by atoms with van der Waals surface area (Å²) in [6.45, 7) is 4.08. The third-order valence-electron chi connectivity index (χ3n) is 3.69. The molecule has 1 N–H and O–H groups in total. The minimum absolute atomic E-state index is 0.105. The number of carbonyl (C=O) groups excluding carboxylic acids is 1. The molecule has 1 heterocycles. The average Bonchev–Trinajstić information content (AvgIpc) is 3.01. The zero-order valence-corrected chi connectivity index (χ0v) is 14.0. The van der Waals surface area contributed by atoms with Crippen molar-refractivity contribution in [2.45, 2.75) is 20.3 Å². The van der Waals surface area contributed by atoms with Gasteiger partial charge in [-0.2, -0.15) is 0 Å². The number of nitrogens with one attached hydrogen (secondary N) is 1. The number of amides is 1. The highest BCUT2D eigenvalue weighted by Crippen LogP contribution is 2.29. The molecule has 0 fully saturated rings. The lowest BCUT2D eigenvalue weighted by Crippen LogP contribution is -2.12. The van der Waals surface area contributed by atoms with Crippen LogP contribution in [0, 0.1) is 6.92 Å². The minimum atomic E-state index is -0.105. The molecule has 0 unspecified atom stereocenters. The van der Waals surface area contributed by atoms with E-state index in [2.05, 4.69) is 17.2 Å². The van der Waals surface area contributed by atoms with E-state index in [-0.39, 0.29) is 5.91 Å². The summed E-state index contributed by atoms with van der Waals surface area (Å²) in [5, 5.41) is 6.02. The molecule has 1 aromatic heterocycles. The molecule has 0 aliphatic rings. The molecule has 0 aliphatic carbocycles. The lowest BCUT2D eigenvalue weighted by Gasteiger charge is -2.10. The van der Waals surface area contributed by atoms with Crippen molar-refractivity contribution in [3.63, 3.8) is 0 Å². The third kappa shape index (κ3) is 3.48. The number of para-hydroxylation sites is 1. The first-order valence-corrected chi connectivity index (χ1v) is 8.47. The highest BCUT2D eigenvalue weighted by molar-refractivity contribution is 7.09. The molecular formula is C19H18N2OS. The molecule has 0 saturated heterocycles. The van der Waals surface area contributed by atoms with Crippen molar-refractivity contribution in [2.75, 3.05) is 5.32 Å². The van der Waals surface area contributed by atoms with E-state index in [0.29, 0.717) is 5.56 Å². The van der Waals surface area contributed by atoms with Gasteiger partial charge in [-0.1, -0.05) is 37.3 Å². The number of aromatic nitrogens is 1. The minimum Gasteiger partial charge on any atom is -0.321 e. The Morgan fingerprint density at radius 1 is 1.13 bits per heavy atom. The van der Waals surface area contributed by atoms with Gasteiger partial charge in [0.1, 0.15) is 0 Å². The predicted octanol–water partition coefficient (Wildman–Crippen LogP) is 4.93. The van der Waals surface area contributed by atoms with Crippen molar-refractivity contribution >= 4 is 22.9 Å². The van der Waals surface area contributed by atoms with Crippen molar-refractivity contribution in [3.8, 4) is 11.3 Å². The highest BCUT2D eigenvalue weighted by Gasteiger charge is 2.11. The maximum atomic E-state index is 12.5. The SMILES string of the molecule is CCc1ccc(C(=O)Nc2ccccc2-c2csc(C)n2)cc1. The molecule has 4 heteroatoms. The van der Waals surface area contributed by atoms with Crippen molar-refractivity contribution < 1.29 is 4.79 Å². The van der Waals surface area contributed by atoms with Crippen molar-refractivity contribution in [1.29, 1.82) is 0 Å². The Bertz CT molecular complexity index is 821. The largest absolute Gasteiger partial charge is 0.321 e. The van der Waals surface area contributed by atoms with Crippen LogP contribution in [0.25, 0.3) is 11.3 Å². The van der Waals surface area contributed by atoms with Crippen LogP contribution in [0.4, 0.5) is 5.69 Å². The van der Waals surface area contributed by atoms with Gasteiger partial charge in [0.25, 0.3) is 5.91 Å². The van der Waals surface area contributed by atoms with Gasteiger partial charge in [-0.15, -0.1) is 11.3 Å². The van der Waals surface area contributed by atoms with E-state index in [1.54, 1.807) is 11.3 Å². The molecular weight excluding hydrogens is 304 g/mol. The number of anilines is 1. The van der Waals surface area contributed by atoms with Crippen LogP contribution in [-0.2, 0) is 6.42 Å². The smallest absolute Gasteiger partial charge is 0.255 e. The Hall–Kier alpha value is -2.46. The molecule has 0 aliphatic heterocycles. The maximum absolute atomic E-state index is 12.5. The fourth-order valence-electron chi connectivity index (χ4n) is 2.39. The average molecular weight is 322 g/mol. The fraction of sp³-hybridized carbons (Fsp3) is 0.158. The zero-order valence-electron chi connectivity index (χ0n) is 13.2. The van der Waals surface area contributed by atoms with Gasteiger partial charge in [-0.25, -0.2) is 4.98 Å². The molecule has 3 aromatic rings. The summed E-state index contributed by atoms with van der Waals surface area (Å²) in [6.07, 6.45) is 0.966. The predicted molar refractivity (Wildman–Crippen MR) is 96.1 cm³/mol. The van der Waals surface area contributed by atoms with Crippen LogP contribution in [0.15, 0.2) is 53.9 Å². The van der Waals surface area contributed by atoms with Gasteiger partial charge in [0.15, 0.2) is 0 Å². The number of hydrogen-bond donors (Lipinski definition) is 1. The molecule has 3 nitrogen and oxygen atoms in total. The second kappa shape index (κ2) is 6.75. The number of aryl methyl sites for hydroxylation is 2. The van der Waals surface area contributed by atoms with E-state index in [1.807, 2.05) is 60.8 Å². The van der Waals surface area contributed by atoms with E-state index in [0.717, 1.165) is 28.4 Å². The lowest BCUT2D eigenvalue weighted by molar-refractivity contribution is 0.102. The quantitative estimate of drug-likeness (QED) is 0.739. The molecule has 0 radical (unpaired) electrons. The Morgan fingerprint density at radius 2 is 1.87 bits per heavy atom. The van der Waals surface area contributed by atoms with Gasteiger partial charge in [0, 0.05) is 16.5 Å². The summed E-state index contributed by atoms with van der Waals surface area (Å²) >= 11 is 1.60. The normalized spacial score (nSPS) is 10.5. The van der Waals surface area contributed by atoms with E-state index < -0.39 is 0 Å². The van der Waals surface area contributed by atoms with Crippen LogP contribution in [0.3, 0.4) is 0 Å². The molecule has 0 spiro atoms. The summed E-state index contributed by atoms with van der Waals surface area (Å²) in [7, 11) is 0. The van der Waals surface area contributed by atoms with Crippen molar-refractivity contribution in [1.82, 2.24) is 4.98 Å².